The number of ether oxygens (including phenoxy) is 1. The third-order valence-electron chi connectivity index (χ3n) is 3.62. The number of hydrogen-bond donors (Lipinski definition) is 1. The molecule has 2 heterocycles. The third-order valence-corrected chi connectivity index (χ3v) is 3.62. The van der Waals surface area contributed by atoms with Crippen LogP contribution in [0.25, 0.3) is 0 Å². The number of nitrogens with zero attached hydrogens (tertiary/aromatic N) is 2. The minimum atomic E-state index is 0.441. The van der Waals surface area contributed by atoms with Crippen molar-refractivity contribution < 1.29 is 9.26 Å². The maximum atomic E-state index is 5.67. The quantitative estimate of drug-likeness (QED) is 0.830. The van der Waals surface area contributed by atoms with Crippen molar-refractivity contribution in [1.29, 1.82) is 0 Å². The van der Waals surface area contributed by atoms with Gasteiger partial charge in [0.1, 0.15) is 0 Å². The van der Waals surface area contributed by atoms with Crippen LogP contribution in [0.2, 0.25) is 0 Å². The zero-order valence-corrected chi connectivity index (χ0v) is 12.9. The maximum Gasteiger partial charge on any atom is 0.151 e. The van der Waals surface area contributed by atoms with Crippen LogP contribution in [0.5, 0.6) is 0 Å². The van der Waals surface area contributed by atoms with Crippen molar-refractivity contribution >= 4 is 0 Å². The van der Waals surface area contributed by atoms with Gasteiger partial charge in [-0.25, -0.2) is 0 Å². The van der Waals surface area contributed by atoms with Crippen molar-refractivity contribution in [3.05, 3.63) is 17.5 Å². The molecule has 5 nitrogen and oxygen atoms in total. The Balaban J connectivity index is 1.74. The smallest absolute Gasteiger partial charge is 0.151 e. The predicted octanol–water partition coefficient (Wildman–Crippen LogP) is 2.17. The molecule has 0 aromatic carbocycles. The summed E-state index contributed by atoms with van der Waals surface area (Å²) in [6.07, 6.45) is 2.67. The number of piperidine rings is 1. The molecule has 1 aliphatic heterocycles. The van der Waals surface area contributed by atoms with Gasteiger partial charge in [0.2, 0.25) is 0 Å². The monoisotopic (exact) mass is 281 g/mol. The topological polar surface area (TPSA) is 50.5 Å². The van der Waals surface area contributed by atoms with E-state index in [-0.39, 0.29) is 0 Å². The average Bonchev–Trinajstić information content (AvgIpc) is 2.87. The van der Waals surface area contributed by atoms with Crippen LogP contribution < -0.4 is 5.32 Å². The Morgan fingerprint density at radius 1 is 1.45 bits per heavy atom. The molecule has 0 bridgehead atoms. The van der Waals surface area contributed by atoms with E-state index in [9.17, 15) is 0 Å². The summed E-state index contributed by atoms with van der Waals surface area (Å²) in [6.45, 7) is 10.9. The number of aromatic nitrogens is 1. The van der Waals surface area contributed by atoms with Gasteiger partial charge in [-0.15, -0.1) is 0 Å². The van der Waals surface area contributed by atoms with Gasteiger partial charge in [0.15, 0.2) is 5.76 Å². The summed E-state index contributed by atoms with van der Waals surface area (Å²) in [6, 6.07) is 2.53. The highest BCUT2D eigenvalue weighted by Gasteiger charge is 2.20. The molecule has 5 heteroatoms. The highest BCUT2D eigenvalue weighted by Crippen LogP contribution is 2.16. The molecule has 0 unspecified atom stereocenters. The van der Waals surface area contributed by atoms with Crippen molar-refractivity contribution in [2.24, 2.45) is 0 Å². The van der Waals surface area contributed by atoms with E-state index in [2.05, 4.69) is 42.2 Å². The highest BCUT2D eigenvalue weighted by molar-refractivity contribution is 5.05. The van der Waals surface area contributed by atoms with Crippen molar-refractivity contribution in [2.75, 3.05) is 19.7 Å². The van der Waals surface area contributed by atoms with Crippen LogP contribution in [0.3, 0.4) is 0 Å². The van der Waals surface area contributed by atoms with E-state index in [1.807, 2.05) is 0 Å². The molecule has 114 valence electrons. The average molecular weight is 281 g/mol. The van der Waals surface area contributed by atoms with Gasteiger partial charge in [0.05, 0.1) is 18.3 Å². The first kappa shape index (κ1) is 15.5. The maximum absolute atomic E-state index is 5.67. The van der Waals surface area contributed by atoms with Gasteiger partial charge in [0, 0.05) is 38.3 Å². The summed E-state index contributed by atoms with van der Waals surface area (Å²) in [4.78, 5) is 2.41. The molecule has 0 atom stereocenters. The Morgan fingerprint density at radius 3 is 2.85 bits per heavy atom. The summed E-state index contributed by atoms with van der Waals surface area (Å²) in [5.41, 5.74) is 0.984. The number of nitrogens with one attached hydrogen (secondary N) is 1. The van der Waals surface area contributed by atoms with E-state index in [4.69, 9.17) is 9.26 Å². The largest absolute Gasteiger partial charge is 0.378 e. The predicted molar refractivity (Wildman–Crippen MR) is 78.4 cm³/mol. The second-order valence-electron chi connectivity index (χ2n) is 5.75. The second kappa shape index (κ2) is 7.76. The molecule has 0 spiro atoms. The Bertz CT molecular complexity index is 384. The lowest BCUT2D eigenvalue weighted by molar-refractivity contribution is 0.0108. The zero-order chi connectivity index (χ0) is 14.4. The van der Waals surface area contributed by atoms with Crippen molar-refractivity contribution in [2.45, 2.75) is 58.8 Å². The number of likely N-dealkylation sites (tertiary alicyclic amines) is 1. The molecule has 1 aromatic rings. The SMILES string of the molecule is CCOC1CCN(Cc2cc(CNC(C)C)no2)CC1. The molecule has 0 saturated carbocycles. The minimum absolute atomic E-state index is 0.441. The van der Waals surface area contributed by atoms with Crippen molar-refractivity contribution in [1.82, 2.24) is 15.4 Å². The molecule has 1 aromatic heterocycles. The van der Waals surface area contributed by atoms with E-state index in [0.717, 1.165) is 57.1 Å². The van der Waals surface area contributed by atoms with Crippen LogP contribution in [0.1, 0.15) is 45.1 Å². The van der Waals surface area contributed by atoms with Gasteiger partial charge in [-0.05, 0) is 19.8 Å². The molecule has 2 rings (SSSR count). The van der Waals surface area contributed by atoms with E-state index in [1.54, 1.807) is 0 Å². The standard InChI is InChI=1S/C15H27N3O2/c1-4-19-14-5-7-18(8-6-14)11-15-9-13(17-20-15)10-16-12(2)3/h9,12,14,16H,4-8,10-11H2,1-3H3. The summed E-state index contributed by atoms with van der Waals surface area (Å²) >= 11 is 0. The van der Waals surface area contributed by atoms with Crippen LogP contribution in [-0.4, -0.2) is 41.9 Å². The molecule has 0 aliphatic carbocycles. The first-order valence-corrected chi connectivity index (χ1v) is 7.69. The Kier molecular flexibility index (Phi) is 6.01. The van der Waals surface area contributed by atoms with Crippen LogP contribution >= 0.6 is 0 Å². The van der Waals surface area contributed by atoms with Gasteiger partial charge in [-0.3, -0.25) is 4.90 Å². The van der Waals surface area contributed by atoms with E-state index < -0.39 is 0 Å². The lowest BCUT2D eigenvalue weighted by Crippen LogP contribution is -2.36. The molecule has 1 fully saturated rings. The Morgan fingerprint density at radius 2 is 2.20 bits per heavy atom. The zero-order valence-electron chi connectivity index (χ0n) is 12.9. The highest BCUT2D eigenvalue weighted by atomic mass is 16.5. The van der Waals surface area contributed by atoms with Crippen LogP contribution in [0, 0.1) is 0 Å². The van der Waals surface area contributed by atoms with Gasteiger partial charge in [-0.2, -0.15) is 0 Å². The summed E-state index contributed by atoms with van der Waals surface area (Å²) in [7, 11) is 0. The van der Waals surface area contributed by atoms with Crippen LogP contribution in [0.15, 0.2) is 10.6 Å². The van der Waals surface area contributed by atoms with Crippen molar-refractivity contribution in [3.8, 4) is 0 Å². The van der Waals surface area contributed by atoms with Crippen molar-refractivity contribution in [3.63, 3.8) is 0 Å². The molecular formula is C15H27N3O2. The molecule has 1 saturated heterocycles. The fraction of sp³-hybridized carbons (Fsp3) is 0.800. The van der Waals surface area contributed by atoms with Gasteiger partial charge >= 0.3 is 0 Å². The molecular weight excluding hydrogens is 254 g/mol. The van der Waals surface area contributed by atoms with Gasteiger partial charge in [0.25, 0.3) is 0 Å². The third kappa shape index (κ3) is 4.89. The molecule has 1 aliphatic rings. The second-order valence-corrected chi connectivity index (χ2v) is 5.75. The lowest BCUT2D eigenvalue weighted by atomic mass is 10.1. The molecule has 0 radical (unpaired) electrons. The summed E-state index contributed by atoms with van der Waals surface area (Å²) in [5, 5.41) is 7.46. The van der Waals surface area contributed by atoms with E-state index >= 15 is 0 Å². The summed E-state index contributed by atoms with van der Waals surface area (Å²) < 4.78 is 11.1. The molecule has 0 amide bonds. The van der Waals surface area contributed by atoms with Crippen LogP contribution in [-0.2, 0) is 17.8 Å². The number of hydrogen-bond acceptors (Lipinski definition) is 5. The van der Waals surface area contributed by atoms with E-state index in [1.165, 1.54) is 0 Å². The Hall–Kier alpha value is -0.910. The fourth-order valence-corrected chi connectivity index (χ4v) is 2.51. The fourth-order valence-electron chi connectivity index (χ4n) is 2.51. The first-order chi connectivity index (χ1) is 9.67. The van der Waals surface area contributed by atoms with Gasteiger partial charge < -0.3 is 14.6 Å². The van der Waals surface area contributed by atoms with E-state index in [0.29, 0.717) is 12.1 Å². The minimum Gasteiger partial charge on any atom is -0.378 e. The summed E-state index contributed by atoms with van der Waals surface area (Å²) in [5.74, 6) is 0.959. The molecule has 20 heavy (non-hydrogen) atoms. The number of rotatable bonds is 7. The normalized spacial score (nSPS) is 18.0. The Labute approximate surface area is 121 Å². The van der Waals surface area contributed by atoms with Gasteiger partial charge in [-0.1, -0.05) is 19.0 Å². The first-order valence-electron chi connectivity index (χ1n) is 7.69. The lowest BCUT2D eigenvalue weighted by Gasteiger charge is -2.30. The molecule has 1 N–H and O–H groups in total. The van der Waals surface area contributed by atoms with Crippen LogP contribution in [0.4, 0.5) is 0 Å².